The fraction of sp³-hybridized carbons (Fsp3) is 0.316. The molecule has 0 unspecified atom stereocenters. The summed E-state index contributed by atoms with van der Waals surface area (Å²) < 4.78 is 0. The van der Waals surface area contributed by atoms with E-state index < -0.39 is 0 Å². The molecular formula is C19H21Cl2N3O. The Bertz CT molecular complexity index is 696. The maximum Gasteiger partial charge on any atom is 0.241 e. The maximum atomic E-state index is 12.3. The van der Waals surface area contributed by atoms with Crippen molar-refractivity contribution < 1.29 is 4.79 Å². The van der Waals surface area contributed by atoms with E-state index in [4.69, 9.17) is 23.2 Å². The second-order valence-corrected chi connectivity index (χ2v) is 7.02. The summed E-state index contributed by atoms with van der Waals surface area (Å²) in [6.45, 7) is 4.48. The number of benzene rings is 2. The smallest absolute Gasteiger partial charge is 0.241 e. The Hall–Kier alpha value is -1.75. The van der Waals surface area contributed by atoms with Gasteiger partial charge in [-0.15, -0.1) is 0 Å². The number of piperazine rings is 1. The first kappa shape index (κ1) is 18.1. The summed E-state index contributed by atoms with van der Waals surface area (Å²) in [7, 11) is 0. The molecule has 1 fully saturated rings. The molecule has 0 radical (unpaired) electrons. The third kappa shape index (κ3) is 5.36. The molecule has 1 saturated heterocycles. The predicted octanol–water partition coefficient (Wildman–Crippen LogP) is 3.75. The summed E-state index contributed by atoms with van der Waals surface area (Å²) in [4.78, 5) is 16.6. The van der Waals surface area contributed by atoms with Crippen LogP contribution in [0.2, 0.25) is 10.0 Å². The van der Waals surface area contributed by atoms with Crippen molar-refractivity contribution in [2.75, 3.05) is 38.0 Å². The van der Waals surface area contributed by atoms with Crippen molar-refractivity contribution in [1.29, 1.82) is 0 Å². The van der Waals surface area contributed by atoms with Gasteiger partial charge in [-0.3, -0.25) is 9.69 Å². The zero-order valence-electron chi connectivity index (χ0n) is 13.9. The van der Waals surface area contributed by atoms with Crippen LogP contribution in [0.15, 0.2) is 48.5 Å². The van der Waals surface area contributed by atoms with Gasteiger partial charge < -0.3 is 10.2 Å². The third-order valence-electron chi connectivity index (χ3n) is 4.33. The topological polar surface area (TPSA) is 35.6 Å². The molecule has 1 aliphatic heterocycles. The lowest BCUT2D eigenvalue weighted by Gasteiger charge is -2.34. The van der Waals surface area contributed by atoms with E-state index in [1.54, 1.807) is 0 Å². The van der Waals surface area contributed by atoms with Crippen LogP contribution in [0.4, 0.5) is 5.69 Å². The highest BCUT2D eigenvalue weighted by Gasteiger charge is 2.20. The van der Waals surface area contributed by atoms with E-state index in [1.165, 1.54) is 5.56 Å². The number of rotatable bonds is 5. The Balaban J connectivity index is 1.42. The molecule has 3 rings (SSSR count). The van der Waals surface area contributed by atoms with Crippen LogP contribution in [0.3, 0.4) is 0 Å². The van der Waals surface area contributed by atoms with Crippen molar-refractivity contribution in [3.8, 4) is 0 Å². The number of halogens is 2. The fourth-order valence-corrected chi connectivity index (χ4v) is 3.11. The monoisotopic (exact) mass is 377 g/mol. The number of amides is 1. The standard InChI is InChI=1S/C19H21Cl2N3O/c20-16-3-1-15(2-4-16)14-23-9-11-24(12-10-23)19(25)13-22-18-7-5-17(21)6-8-18/h1-8,22H,9-14H2. The van der Waals surface area contributed by atoms with Crippen LogP contribution in [0, 0.1) is 0 Å². The van der Waals surface area contributed by atoms with Gasteiger partial charge in [-0.1, -0.05) is 35.3 Å². The molecule has 0 bridgehead atoms. The van der Waals surface area contributed by atoms with Crippen LogP contribution < -0.4 is 5.32 Å². The summed E-state index contributed by atoms with van der Waals surface area (Å²) >= 11 is 11.8. The minimum atomic E-state index is 0.126. The SMILES string of the molecule is O=C(CNc1ccc(Cl)cc1)N1CCN(Cc2ccc(Cl)cc2)CC1. The molecule has 132 valence electrons. The Morgan fingerprint density at radius 2 is 1.44 bits per heavy atom. The maximum absolute atomic E-state index is 12.3. The largest absolute Gasteiger partial charge is 0.376 e. The zero-order valence-corrected chi connectivity index (χ0v) is 15.4. The Morgan fingerprint density at radius 3 is 2.04 bits per heavy atom. The fourth-order valence-electron chi connectivity index (χ4n) is 2.86. The average molecular weight is 378 g/mol. The molecule has 0 saturated carbocycles. The van der Waals surface area contributed by atoms with Gasteiger partial charge in [0.15, 0.2) is 0 Å². The number of hydrogen-bond acceptors (Lipinski definition) is 3. The summed E-state index contributed by atoms with van der Waals surface area (Å²) in [5, 5.41) is 4.59. The van der Waals surface area contributed by atoms with Crippen molar-refractivity contribution in [3.63, 3.8) is 0 Å². The summed E-state index contributed by atoms with van der Waals surface area (Å²) in [6.07, 6.45) is 0. The van der Waals surface area contributed by atoms with Gasteiger partial charge in [0, 0.05) is 48.5 Å². The van der Waals surface area contributed by atoms with E-state index in [0.29, 0.717) is 11.6 Å². The first-order valence-corrected chi connectivity index (χ1v) is 9.10. The highest BCUT2D eigenvalue weighted by molar-refractivity contribution is 6.30. The Kier molecular flexibility index (Phi) is 6.19. The van der Waals surface area contributed by atoms with Gasteiger partial charge >= 0.3 is 0 Å². The average Bonchev–Trinajstić information content (AvgIpc) is 2.63. The number of nitrogens with zero attached hydrogens (tertiary/aromatic N) is 2. The van der Waals surface area contributed by atoms with Gasteiger partial charge in [0.25, 0.3) is 0 Å². The molecule has 1 heterocycles. The summed E-state index contributed by atoms with van der Waals surface area (Å²) in [5.74, 6) is 0.126. The normalized spacial score (nSPS) is 15.2. The minimum Gasteiger partial charge on any atom is -0.376 e. The van der Waals surface area contributed by atoms with E-state index in [0.717, 1.165) is 43.4 Å². The van der Waals surface area contributed by atoms with Gasteiger partial charge in [0.05, 0.1) is 6.54 Å². The molecular weight excluding hydrogens is 357 g/mol. The van der Waals surface area contributed by atoms with Crippen molar-refractivity contribution >= 4 is 34.8 Å². The lowest BCUT2D eigenvalue weighted by atomic mass is 10.2. The lowest BCUT2D eigenvalue weighted by molar-refractivity contribution is -0.131. The molecule has 0 aliphatic carbocycles. The van der Waals surface area contributed by atoms with Crippen LogP contribution in [0.25, 0.3) is 0 Å². The Morgan fingerprint density at radius 1 is 0.880 bits per heavy atom. The minimum absolute atomic E-state index is 0.126. The molecule has 2 aromatic rings. The number of hydrogen-bond donors (Lipinski definition) is 1. The first-order chi connectivity index (χ1) is 12.1. The van der Waals surface area contributed by atoms with Gasteiger partial charge in [-0.05, 0) is 42.0 Å². The molecule has 4 nitrogen and oxygen atoms in total. The molecule has 0 atom stereocenters. The predicted molar refractivity (Wildman–Crippen MR) is 103 cm³/mol. The molecule has 6 heteroatoms. The molecule has 0 aromatic heterocycles. The molecule has 0 spiro atoms. The summed E-state index contributed by atoms with van der Waals surface area (Å²) in [6, 6.07) is 15.3. The van der Waals surface area contributed by atoms with E-state index in [2.05, 4.69) is 22.3 Å². The van der Waals surface area contributed by atoms with Gasteiger partial charge in [0.2, 0.25) is 5.91 Å². The van der Waals surface area contributed by atoms with Gasteiger partial charge in [-0.25, -0.2) is 0 Å². The van der Waals surface area contributed by atoms with Crippen molar-refractivity contribution in [2.24, 2.45) is 0 Å². The molecule has 1 amide bonds. The van der Waals surface area contributed by atoms with E-state index in [-0.39, 0.29) is 5.91 Å². The second kappa shape index (κ2) is 8.56. The Labute approximate surface area is 158 Å². The second-order valence-electron chi connectivity index (χ2n) is 6.14. The number of carbonyl (C=O) groups excluding carboxylic acids is 1. The van der Waals surface area contributed by atoms with Gasteiger partial charge in [0.1, 0.15) is 0 Å². The number of anilines is 1. The molecule has 1 N–H and O–H groups in total. The highest BCUT2D eigenvalue weighted by Crippen LogP contribution is 2.14. The van der Waals surface area contributed by atoms with Crippen LogP contribution >= 0.6 is 23.2 Å². The van der Waals surface area contributed by atoms with Crippen LogP contribution in [0.5, 0.6) is 0 Å². The molecule has 25 heavy (non-hydrogen) atoms. The van der Waals surface area contributed by atoms with Crippen molar-refractivity contribution in [3.05, 3.63) is 64.1 Å². The van der Waals surface area contributed by atoms with Crippen LogP contribution in [-0.4, -0.2) is 48.4 Å². The number of carbonyl (C=O) groups is 1. The first-order valence-electron chi connectivity index (χ1n) is 8.34. The highest BCUT2D eigenvalue weighted by atomic mass is 35.5. The van der Waals surface area contributed by atoms with E-state index in [1.807, 2.05) is 41.3 Å². The van der Waals surface area contributed by atoms with Crippen LogP contribution in [-0.2, 0) is 11.3 Å². The number of nitrogens with one attached hydrogen (secondary N) is 1. The summed E-state index contributed by atoms with van der Waals surface area (Å²) in [5.41, 5.74) is 2.15. The zero-order chi connectivity index (χ0) is 17.6. The lowest BCUT2D eigenvalue weighted by Crippen LogP contribution is -2.49. The van der Waals surface area contributed by atoms with Crippen molar-refractivity contribution in [2.45, 2.75) is 6.54 Å². The molecule has 2 aromatic carbocycles. The van der Waals surface area contributed by atoms with Crippen molar-refractivity contribution in [1.82, 2.24) is 9.80 Å². The molecule has 1 aliphatic rings. The van der Waals surface area contributed by atoms with E-state index in [9.17, 15) is 4.79 Å². The quantitative estimate of drug-likeness (QED) is 0.861. The van der Waals surface area contributed by atoms with Gasteiger partial charge in [-0.2, -0.15) is 0 Å². The van der Waals surface area contributed by atoms with Crippen LogP contribution in [0.1, 0.15) is 5.56 Å². The van der Waals surface area contributed by atoms with E-state index >= 15 is 0 Å². The third-order valence-corrected chi connectivity index (χ3v) is 4.84.